The zero-order valence-corrected chi connectivity index (χ0v) is 17.5. The molecule has 0 bridgehead atoms. The fourth-order valence-electron chi connectivity index (χ4n) is 2.17. The standard InChI is InChI=1S/C20H21ClF2N2O6/c1-3-28-19(27)24-10-11-29-18(26)13(2)30-15-5-7-16(8-6-15)31-17-9-4-14(12-25-17)20(21,22)23/h4-9,12-13H,3,10-11H2,1-2H3,(H,24,27). The molecular formula is C20H21ClF2N2O6. The second-order valence-electron chi connectivity index (χ2n) is 6.03. The maximum absolute atomic E-state index is 13.0. The molecule has 0 aliphatic rings. The molecule has 1 unspecified atom stereocenters. The van der Waals surface area contributed by atoms with Gasteiger partial charge in [0.1, 0.15) is 18.1 Å². The predicted octanol–water partition coefficient (Wildman–Crippen LogP) is 4.22. The number of amides is 1. The average molecular weight is 459 g/mol. The number of alkyl halides is 3. The number of benzene rings is 1. The Morgan fingerprint density at radius 1 is 1.13 bits per heavy atom. The van der Waals surface area contributed by atoms with Crippen molar-refractivity contribution in [1.82, 2.24) is 10.3 Å². The van der Waals surface area contributed by atoms with Crippen molar-refractivity contribution < 1.29 is 37.3 Å². The molecule has 1 N–H and O–H groups in total. The summed E-state index contributed by atoms with van der Waals surface area (Å²) in [6.45, 7) is 3.52. The van der Waals surface area contributed by atoms with Crippen molar-refractivity contribution >= 4 is 23.7 Å². The summed E-state index contributed by atoms with van der Waals surface area (Å²) >= 11 is 4.93. The van der Waals surface area contributed by atoms with Gasteiger partial charge in [0.25, 0.3) is 0 Å². The number of nitrogens with one attached hydrogen (secondary N) is 1. The van der Waals surface area contributed by atoms with Crippen LogP contribution in [0.5, 0.6) is 17.4 Å². The van der Waals surface area contributed by atoms with Gasteiger partial charge < -0.3 is 24.3 Å². The van der Waals surface area contributed by atoms with Crippen LogP contribution in [0, 0.1) is 0 Å². The molecule has 0 spiro atoms. The summed E-state index contributed by atoms with van der Waals surface area (Å²) in [5.74, 6) is 0.259. The van der Waals surface area contributed by atoms with E-state index in [0.717, 1.165) is 12.3 Å². The fraction of sp³-hybridized carbons (Fsp3) is 0.350. The van der Waals surface area contributed by atoms with Crippen molar-refractivity contribution in [2.75, 3.05) is 19.8 Å². The Labute approximate surface area is 182 Å². The molecule has 0 aliphatic carbocycles. The number of hydrogen-bond acceptors (Lipinski definition) is 7. The van der Waals surface area contributed by atoms with Gasteiger partial charge in [0.15, 0.2) is 6.10 Å². The number of esters is 1. The van der Waals surface area contributed by atoms with Crippen molar-refractivity contribution in [2.45, 2.75) is 25.3 Å². The molecule has 0 saturated carbocycles. The van der Waals surface area contributed by atoms with E-state index in [4.69, 9.17) is 25.8 Å². The number of aromatic nitrogens is 1. The molecule has 0 radical (unpaired) electrons. The van der Waals surface area contributed by atoms with Crippen molar-refractivity contribution in [2.24, 2.45) is 0 Å². The molecule has 1 amide bonds. The van der Waals surface area contributed by atoms with Crippen molar-refractivity contribution in [3.63, 3.8) is 0 Å². The van der Waals surface area contributed by atoms with Gasteiger partial charge in [-0.05, 0) is 55.8 Å². The molecule has 11 heteroatoms. The summed E-state index contributed by atoms with van der Waals surface area (Å²) in [5.41, 5.74) is -0.442. The Morgan fingerprint density at radius 3 is 2.39 bits per heavy atom. The number of halogens is 3. The molecule has 0 aliphatic heterocycles. The van der Waals surface area contributed by atoms with Crippen LogP contribution in [0.2, 0.25) is 0 Å². The molecule has 2 rings (SSSR count). The topological polar surface area (TPSA) is 96.0 Å². The van der Waals surface area contributed by atoms with E-state index < -0.39 is 29.1 Å². The van der Waals surface area contributed by atoms with Crippen molar-refractivity contribution in [3.8, 4) is 17.4 Å². The van der Waals surface area contributed by atoms with Crippen LogP contribution in [0.4, 0.5) is 13.6 Å². The first-order valence-corrected chi connectivity index (χ1v) is 9.62. The lowest BCUT2D eigenvalue weighted by atomic mass is 10.3. The SMILES string of the molecule is CCOC(=O)NCCOC(=O)C(C)Oc1ccc(Oc2ccc(C(F)(F)Cl)cn2)cc1. The molecule has 0 saturated heterocycles. The van der Waals surface area contributed by atoms with Crippen molar-refractivity contribution in [1.29, 1.82) is 0 Å². The summed E-state index contributed by atoms with van der Waals surface area (Å²) in [7, 11) is 0. The van der Waals surface area contributed by atoms with Crippen molar-refractivity contribution in [3.05, 3.63) is 48.2 Å². The zero-order valence-electron chi connectivity index (χ0n) is 16.8. The Kier molecular flexibility index (Phi) is 8.80. The third-order valence-corrected chi connectivity index (χ3v) is 3.86. The normalized spacial score (nSPS) is 11.9. The number of alkyl carbamates (subject to hydrolysis) is 1. The molecule has 8 nitrogen and oxygen atoms in total. The highest BCUT2D eigenvalue weighted by molar-refractivity contribution is 6.21. The van der Waals surface area contributed by atoms with Gasteiger partial charge in [0.2, 0.25) is 5.88 Å². The first-order chi connectivity index (χ1) is 14.7. The number of nitrogens with zero attached hydrogens (tertiary/aromatic N) is 1. The maximum Gasteiger partial charge on any atom is 0.407 e. The minimum Gasteiger partial charge on any atom is -0.479 e. The molecule has 31 heavy (non-hydrogen) atoms. The van der Waals surface area contributed by atoms with Gasteiger partial charge in [-0.1, -0.05) is 0 Å². The highest BCUT2D eigenvalue weighted by Crippen LogP contribution is 2.32. The summed E-state index contributed by atoms with van der Waals surface area (Å²) in [6.07, 6.45) is -0.552. The first kappa shape index (κ1) is 24.1. The van der Waals surface area contributed by atoms with E-state index in [9.17, 15) is 18.4 Å². The molecule has 1 heterocycles. The van der Waals surface area contributed by atoms with Crippen LogP contribution < -0.4 is 14.8 Å². The Bertz CT molecular complexity index is 859. The summed E-state index contributed by atoms with van der Waals surface area (Å²) in [6, 6.07) is 8.61. The van der Waals surface area contributed by atoms with Crippen LogP contribution in [-0.2, 0) is 19.6 Å². The highest BCUT2D eigenvalue weighted by atomic mass is 35.5. The third-order valence-electron chi connectivity index (χ3n) is 3.65. The Balaban J connectivity index is 1.79. The van der Waals surface area contributed by atoms with E-state index in [2.05, 4.69) is 15.0 Å². The largest absolute Gasteiger partial charge is 0.479 e. The smallest absolute Gasteiger partial charge is 0.407 e. The molecule has 1 aromatic heterocycles. The van der Waals surface area contributed by atoms with E-state index in [1.807, 2.05) is 0 Å². The summed E-state index contributed by atoms with van der Waals surface area (Å²) in [4.78, 5) is 26.8. The number of hydrogen-bond donors (Lipinski definition) is 1. The lowest BCUT2D eigenvalue weighted by molar-refractivity contribution is -0.150. The quantitative estimate of drug-likeness (QED) is 0.323. The Morgan fingerprint density at radius 2 is 1.81 bits per heavy atom. The second-order valence-corrected chi connectivity index (χ2v) is 6.51. The maximum atomic E-state index is 13.0. The highest BCUT2D eigenvalue weighted by Gasteiger charge is 2.28. The molecule has 0 fully saturated rings. The van der Waals surface area contributed by atoms with E-state index in [1.165, 1.54) is 13.0 Å². The van der Waals surface area contributed by atoms with Crippen LogP contribution in [0.1, 0.15) is 19.4 Å². The van der Waals surface area contributed by atoms with Crippen LogP contribution >= 0.6 is 11.6 Å². The number of pyridine rings is 1. The van der Waals surface area contributed by atoms with E-state index in [-0.39, 0.29) is 25.6 Å². The number of ether oxygens (including phenoxy) is 4. The van der Waals surface area contributed by atoms with Crippen LogP contribution in [0.15, 0.2) is 42.6 Å². The zero-order chi connectivity index (χ0) is 22.9. The molecule has 1 aromatic carbocycles. The minimum absolute atomic E-state index is 0.0282. The third kappa shape index (κ3) is 8.25. The molecular weight excluding hydrogens is 438 g/mol. The minimum atomic E-state index is -3.50. The van der Waals surface area contributed by atoms with E-state index in [0.29, 0.717) is 11.5 Å². The molecule has 168 valence electrons. The number of carbonyl (C=O) groups is 2. The van der Waals surface area contributed by atoms with Crippen LogP contribution in [0.3, 0.4) is 0 Å². The molecule has 1 atom stereocenters. The van der Waals surface area contributed by atoms with Gasteiger partial charge in [0, 0.05) is 12.3 Å². The summed E-state index contributed by atoms with van der Waals surface area (Å²) in [5, 5.41) is -1.08. The van der Waals surface area contributed by atoms with Crippen LogP contribution in [-0.4, -0.2) is 42.9 Å². The first-order valence-electron chi connectivity index (χ1n) is 9.24. The average Bonchev–Trinajstić information content (AvgIpc) is 2.72. The van der Waals surface area contributed by atoms with E-state index in [1.54, 1.807) is 31.2 Å². The monoisotopic (exact) mass is 458 g/mol. The predicted molar refractivity (Wildman–Crippen MR) is 107 cm³/mol. The van der Waals surface area contributed by atoms with Gasteiger partial charge in [-0.2, -0.15) is 8.78 Å². The Hall–Kier alpha value is -3.14. The lowest BCUT2D eigenvalue weighted by Gasteiger charge is -2.14. The number of rotatable bonds is 10. The fourth-order valence-corrected chi connectivity index (χ4v) is 2.28. The van der Waals surface area contributed by atoms with Gasteiger partial charge >= 0.3 is 17.4 Å². The summed E-state index contributed by atoms with van der Waals surface area (Å²) < 4.78 is 46.6. The van der Waals surface area contributed by atoms with Gasteiger partial charge in [0.05, 0.1) is 18.7 Å². The van der Waals surface area contributed by atoms with Gasteiger partial charge in [-0.3, -0.25) is 0 Å². The number of carbonyl (C=O) groups excluding carboxylic acids is 2. The van der Waals surface area contributed by atoms with Gasteiger partial charge in [-0.25, -0.2) is 14.6 Å². The van der Waals surface area contributed by atoms with Gasteiger partial charge in [-0.15, -0.1) is 0 Å². The molecule has 2 aromatic rings. The van der Waals surface area contributed by atoms with E-state index >= 15 is 0 Å². The van der Waals surface area contributed by atoms with Crippen LogP contribution in [0.25, 0.3) is 0 Å². The lowest BCUT2D eigenvalue weighted by Crippen LogP contribution is -2.31. The second kappa shape index (κ2) is 11.3.